The molecule has 1 aliphatic heterocycles. The zero-order valence-corrected chi connectivity index (χ0v) is 12.5. The molecule has 3 N–H and O–H groups in total. The Morgan fingerprint density at radius 2 is 2.35 bits per heavy atom. The third-order valence-electron chi connectivity index (χ3n) is 3.96. The molecule has 2 aliphatic rings. The van der Waals surface area contributed by atoms with Crippen molar-refractivity contribution in [3.63, 3.8) is 0 Å². The number of thiazole rings is 1. The number of rotatable bonds is 5. The van der Waals surface area contributed by atoms with Gasteiger partial charge in [-0.1, -0.05) is 0 Å². The molecular weight excluding hydrogens is 274 g/mol. The summed E-state index contributed by atoms with van der Waals surface area (Å²) in [7, 11) is 0. The molecule has 1 saturated heterocycles. The van der Waals surface area contributed by atoms with E-state index in [0.717, 1.165) is 17.8 Å². The fourth-order valence-electron chi connectivity index (χ4n) is 2.64. The number of hydrogen-bond acceptors (Lipinski definition) is 5. The number of carbonyl (C=O) groups is 1. The van der Waals surface area contributed by atoms with Gasteiger partial charge in [-0.3, -0.25) is 4.79 Å². The van der Waals surface area contributed by atoms with Crippen molar-refractivity contribution in [2.45, 2.75) is 50.9 Å². The lowest BCUT2D eigenvalue weighted by Crippen LogP contribution is -2.38. The molecule has 3 rings (SSSR count). The molecule has 1 saturated carbocycles. The lowest BCUT2D eigenvalue weighted by molar-refractivity contribution is -0.132. The van der Waals surface area contributed by atoms with Crippen molar-refractivity contribution in [3.8, 4) is 0 Å². The number of amides is 1. The standard InChI is InChI=1S/C14H21N3O2S/c1-8-7-16-14(20-8)12(9-2-3-9)17-13(18)11-5-4-10(6-15)19-11/h7,9-12H,2-6,15H2,1H3,(H,17,18)/t10-,11+,12?/m1/s1. The van der Waals surface area contributed by atoms with Crippen LogP contribution in [0.3, 0.4) is 0 Å². The third kappa shape index (κ3) is 3.02. The van der Waals surface area contributed by atoms with Crippen molar-refractivity contribution in [2.75, 3.05) is 6.54 Å². The van der Waals surface area contributed by atoms with Gasteiger partial charge in [-0.15, -0.1) is 11.3 Å². The summed E-state index contributed by atoms with van der Waals surface area (Å²) in [5.41, 5.74) is 5.58. The SMILES string of the molecule is Cc1cnc(C(NC(=O)[C@@H]2CC[C@H](CN)O2)C2CC2)s1. The van der Waals surface area contributed by atoms with E-state index in [4.69, 9.17) is 10.5 Å². The number of aryl methyl sites for hydroxylation is 1. The number of carbonyl (C=O) groups excluding carboxylic acids is 1. The number of hydrogen-bond donors (Lipinski definition) is 2. The molecule has 3 atom stereocenters. The fourth-order valence-corrected chi connectivity index (χ4v) is 3.56. The van der Waals surface area contributed by atoms with Gasteiger partial charge in [0.25, 0.3) is 0 Å². The van der Waals surface area contributed by atoms with Crippen LogP contribution >= 0.6 is 11.3 Å². The number of nitrogens with two attached hydrogens (primary N) is 1. The highest BCUT2D eigenvalue weighted by Crippen LogP contribution is 2.42. The van der Waals surface area contributed by atoms with Crippen LogP contribution < -0.4 is 11.1 Å². The van der Waals surface area contributed by atoms with Gasteiger partial charge in [0.2, 0.25) is 5.91 Å². The van der Waals surface area contributed by atoms with E-state index in [1.54, 1.807) is 11.3 Å². The van der Waals surface area contributed by atoms with E-state index in [1.165, 1.54) is 17.7 Å². The summed E-state index contributed by atoms with van der Waals surface area (Å²) in [4.78, 5) is 17.9. The van der Waals surface area contributed by atoms with Crippen LogP contribution in [0.1, 0.15) is 41.6 Å². The van der Waals surface area contributed by atoms with Crippen LogP contribution in [0, 0.1) is 12.8 Å². The summed E-state index contributed by atoms with van der Waals surface area (Å²) < 4.78 is 5.66. The van der Waals surface area contributed by atoms with Gasteiger partial charge in [0.15, 0.2) is 0 Å². The van der Waals surface area contributed by atoms with E-state index in [-0.39, 0.29) is 24.2 Å². The van der Waals surface area contributed by atoms with Crippen molar-refractivity contribution < 1.29 is 9.53 Å². The van der Waals surface area contributed by atoms with Gasteiger partial charge < -0.3 is 15.8 Å². The second kappa shape index (κ2) is 5.79. The zero-order valence-electron chi connectivity index (χ0n) is 11.7. The van der Waals surface area contributed by atoms with Gasteiger partial charge in [-0.25, -0.2) is 4.98 Å². The molecule has 2 fully saturated rings. The van der Waals surface area contributed by atoms with Crippen LogP contribution in [0.5, 0.6) is 0 Å². The second-order valence-electron chi connectivity index (χ2n) is 5.69. The molecule has 5 nitrogen and oxygen atoms in total. The summed E-state index contributed by atoms with van der Waals surface area (Å²) in [6.07, 6.45) is 5.54. The summed E-state index contributed by atoms with van der Waals surface area (Å²) in [5, 5.41) is 4.16. The van der Waals surface area contributed by atoms with Crippen molar-refractivity contribution in [3.05, 3.63) is 16.1 Å². The molecule has 0 aromatic carbocycles. The van der Waals surface area contributed by atoms with Crippen molar-refractivity contribution in [1.29, 1.82) is 0 Å². The minimum atomic E-state index is -0.342. The van der Waals surface area contributed by atoms with Crippen LogP contribution in [-0.2, 0) is 9.53 Å². The first-order valence-corrected chi connectivity index (χ1v) is 8.07. The number of aromatic nitrogens is 1. The van der Waals surface area contributed by atoms with E-state index in [1.807, 2.05) is 13.1 Å². The first-order valence-electron chi connectivity index (χ1n) is 7.25. The predicted octanol–water partition coefficient (Wildman–Crippen LogP) is 1.53. The van der Waals surface area contributed by atoms with Gasteiger partial charge in [0.1, 0.15) is 11.1 Å². The fraction of sp³-hybridized carbons (Fsp3) is 0.714. The van der Waals surface area contributed by atoms with Crippen LogP contribution in [0.15, 0.2) is 6.20 Å². The third-order valence-corrected chi connectivity index (χ3v) is 4.96. The van der Waals surface area contributed by atoms with Crippen molar-refractivity contribution in [1.82, 2.24) is 10.3 Å². The largest absolute Gasteiger partial charge is 0.364 e. The average molecular weight is 295 g/mol. The van der Waals surface area contributed by atoms with Gasteiger partial charge in [-0.2, -0.15) is 0 Å². The van der Waals surface area contributed by atoms with Crippen LogP contribution in [0.2, 0.25) is 0 Å². The Bertz CT molecular complexity index is 487. The van der Waals surface area contributed by atoms with E-state index in [9.17, 15) is 4.79 Å². The van der Waals surface area contributed by atoms with Crippen LogP contribution in [-0.4, -0.2) is 29.6 Å². The van der Waals surface area contributed by atoms with Gasteiger partial charge in [0, 0.05) is 17.6 Å². The Morgan fingerprint density at radius 3 is 2.90 bits per heavy atom. The molecule has 1 amide bonds. The summed E-state index contributed by atoms with van der Waals surface area (Å²) in [6, 6.07) is 0.0572. The van der Waals surface area contributed by atoms with Gasteiger partial charge in [0.05, 0.1) is 12.1 Å². The van der Waals surface area contributed by atoms with Gasteiger partial charge in [-0.05, 0) is 38.5 Å². The first-order chi connectivity index (χ1) is 9.67. The average Bonchev–Trinajstić information content (AvgIpc) is 3.00. The number of nitrogens with zero attached hydrogens (tertiary/aromatic N) is 1. The highest BCUT2D eigenvalue weighted by atomic mass is 32.1. The van der Waals surface area contributed by atoms with E-state index < -0.39 is 0 Å². The molecule has 0 bridgehead atoms. The maximum absolute atomic E-state index is 12.3. The molecule has 1 aromatic rings. The molecule has 2 heterocycles. The Morgan fingerprint density at radius 1 is 1.55 bits per heavy atom. The van der Waals surface area contributed by atoms with Crippen LogP contribution in [0.4, 0.5) is 0 Å². The predicted molar refractivity (Wildman–Crippen MR) is 77.4 cm³/mol. The van der Waals surface area contributed by atoms with E-state index in [0.29, 0.717) is 12.5 Å². The lowest BCUT2D eigenvalue weighted by Gasteiger charge is -2.19. The topological polar surface area (TPSA) is 77.2 Å². The summed E-state index contributed by atoms with van der Waals surface area (Å²) in [6.45, 7) is 2.53. The van der Waals surface area contributed by atoms with Gasteiger partial charge >= 0.3 is 0 Å². The first kappa shape index (κ1) is 14.0. The minimum absolute atomic E-state index is 0.00861. The van der Waals surface area contributed by atoms with Crippen LogP contribution in [0.25, 0.3) is 0 Å². The molecule has 0 radical (unpaired) electrons. The molecule has 0 spiro atoms. The maximum atomic E-state index is 12.3. The Balaban J connectivity index is 1.63. The van der Waals surface area contributed by atoms with E-state index in [2.05, 4.69) is 10.3 Å². The number of ether oxygens (including phenoxy) is 1. The maximum Gasteiger partial charge on any atom is 0.249 e. The summed E-state index contributed by atoms with van der Waals surface area (Å²) >= 11 is 1.67. The molecule has 1 aliphatic carbocycles. The van der Waals surface area contributed by atoms with Crippen molar-refractivity contribution in [2.24, 2.45) is 11.7 Å². The quantitative estimate of drug-likeness (QED) is 0.863. The van der Waals surface area contributed by atoms with E-state index >= 15 is 0 Å². The van der Waals surface area contributed by atoms with Crippen molar-refractivity contribution >= 4 is 17.2 Å². The molecule has 6 heteroatoms. The normalized spacial score (nSPS) is 27.5. The highest BCUT2D eigenvalue weighted by molar-refractivity contribution is 7.11. The molecular formula is C14H21N3O2S. The molecule has 1 aromatic heterocycles. The molecule has 1 unspecified atom stereocenters. The smallest absolute Gasteiger partial charge is 0.249 e. The lowest BCUT2D eigenvalue weighted by atomic mass is 10.1. The zero-order chi connectivity index (χ0) is 14.1. The Hall–Kier alpha value is -0.980. The Kier molecular flexibility index (Phi) is 4.05. The number of nitrogens with one attached hydrogen (secondary N) is 1. The molecule has 110 valence electrons. The highest BCUT2D eigenvalue weighted by Gasteiger charge is 2.38. The minimum Gasteiger partial charge on any atom is -0.364 e. The molecule has 20 heavy (non-hydrogen) atoms. The summed E-state index contributed by atoms with van der Waals surface area (Å²) in [5.74, 6) is 0.530. The Labute approximate surface area is 122 Å². The monoisotopic (exact) mass is 295 g/mol. The second-order valence-corrected chi connectivity index (χ2v) is 6.96.